The number of nitriles is 1. The van der Waals surface area contributed by atoms with Crippen LogP contribution in [0.15, 0.2) is 21.9 Å². The molecule has 0 saturated heterocycles. The highest BCUT2D eigenvalue weighted by molar-refractivity contribution is 8.03. The Morgan fingerprint density at radius 3 is 2.83 bits per heavy atom. The minimum atomic E-state index is -0.337. The molecular weight excluding hydrogens is 306 g/mol. The van der Waals surface area contributed by atoms with E-state index in [1.165, 1.54) is 48.7 Å². The molecule has 1 fully saturated rings. The van der Waals surface area contributed by atoms with Crippen molar-refractivity contribution in [3.05, 3.63) is 21.9 Å². The Kier molecular flexibility index (Phi) is 4.72. The highest BCUT2D eigenvalue weighted by atomic mass is 32.2. The maximum atomic E-state index is 11.2. The summed E-state index contributed by atoms with van der Waals surface area (Å²) in [5, 5.41) is 14.3. The molecule has 0 radical (unpaired) electrons. The van der Waals surface area contributed by atoms with E-state index in [4.69, 9.17) is 5.73 Å². The molecule has 1 spiro atoms. The molecule has 2 aliphatic carbocycles. The van der Waals surface area contributed by atoms with Crippen LogP contribution in [0.4, 0.5) is 0 Å². The maximum Gasteiger partial charge on any atom is 0.227 e. The molecule has 5 heteroatoms. The van der Waals surface area contributed by atoms with Gasteiger partial charge in [-0.05, 0) is 43.6 Å². The molecule has 1 aliphatic heterocycles. The second-order valence-corrected chi connectivity index (χ2v) is 8.13. The first-order chi connectivity index (χ1) is 11.1. The van der Waals surface area contributed by atoms with Crippen LogP contribution < -0.4 is 11.1 Å². The molecule has 1 atom stereocenters. The predicted molar refractivity (Wildman–Crippen MR) is 93.0 cm³/mol. The van der Waals surface area contributed by atoms with E-state index in [1.807, 2.05) is 0 Å². The Balaban J connectivity index is 2.02. The van der Waals surface area contributed by atoms with Crippen LogP contribution in [0, 0.1) is 22.7 Å². The highest BCUT2D eigenvalue weighted by Gasteiger charge is 2.46. The zero-order valence-corrected chi connectivity index (χ0v) is 14.6. The Morgan fingerprint density at radius 1 is 1.43 bits per heavy atom. The van der Waals surface area contributed by atoms with Gasteiger partial charge in [-0.25, -0.2) is 0 Å². The zero-order chi connectivity index (χ0) is 16.4. The van der Waals surface area contributed by atoms with Gasteiger partial charge in [-0.3, -0.25) is 4.79 Å². The molecule has 1 heterocycles. The number of carbonyl (C=O) groups excluding carboxylic acids is 1. The first kappa shape index (κ1) is 16.4. The van der Waals surface area contributed by atoms with E-state index >= 15 is 0 Å². The molecule has 0 aromatic heterocycles. The summed E-state index contributed by atoms with van der Waals surface area (Å²) in [7, 11) is 0. The molecule has 1 amide bonds. The summed E-state index contributed by atoms with van der Waals surface area (Å²) in [6.07, 6.45) is 9.15. The van der Waals surface area contributed by atoms with E-state index < -0.39 is 0 Å². The van der Waals surface area contributed by atoms with Gasteiger partial charge in [-0.1, -0.05) is 37.9 Å². The van der Waals surface area contributed by atoms with Gasteiger partial charge in [0.2, 0.25) is 5.91 Å². The van der Waals surface area contributed by atoms with Gasteiger partial charge >= 0.3 is 0 Å². The van der Waals surface area contributed by atoms with Crippen LogP contribution >= 0.6 is 11.8 Å². The SMILES string of the molecule is C[C@H]1CCC2=C(C1)NC(SCC(N)=O)=C(C#N)C21CCCCC1. The number of hydrogen-bond acceptors (Lipinski definition) is 4. The molecule has 0 bridgehead atoms. The number of dihydropyridines is 1. The van der Waals surface area contributed by atoms with Crippen LogP contribution in [0.2, 0.25) is 0 Å². The number of allylic oxidation sites excluding steroid dienone is 3. The van der Waals surface area contributed by atoms with Gasteiger partial charge < -0.3 is 11.1 Å². The van der Waals surface area contributed by atoms with E-state index in [0.717, 1.165) is 36.3 Å². The number of thioether (sulfide) groups is 1. The van der Waals surface area contributed by atoms with Gasteiger partial charge in [0.05, 0.1) is 22.4 Å². The largest absolute Gasteiger partial charge is 0.369 e. The number of fused-ring (bicyclic) bond motifs is 1. The molecule has 4 nitrogen and oxygen atoms in total. The van der Waals surface area contributed by atoms with E-state index in [1.54, 1.807) is 0 Å². The summed E-state index contributed by atoms with van der Waals surface area (Å²) in [5.74, 6) is 0.561. The molecule has 3 rings (SSSR count). The average molecular weight is 331 g/mol. The summed E-state index contributed by atoms with van der Waals surface area (Å²) < 4.78 is 0. The molecule has 3 N–H and O–H groups in total. The fourth-order valence-electron chi connectivity index (χ4n) is 4.45. The number of nitrogens with two attached hydrogens (primary N) is 1. The van der Waals surface area contributed by atoms with Crippen molar-refractivity contribution in [1.82, 2.24) is 5.32 Å². The van der Waals surface area contributed by atoms with Crippen molar-refractivity contribution in [2.45, 2.75) is 58.3 Å². The summed E-state index contributed by atoms with van der Waals surface area (Å²) in [4.78, 5) is 11.2. The number of nitrogens with one attached hydrogen (secondary N) is 1. The van der Waals surface area contributed by atoms with Gasteiger partial charge in [0.25, 0.3) is 0 Å². The number of amides is 1. The molecule has 23 heavy (non-hydrogen) atoms. The van der Waals surface area contributed by atoms with Crippen molar-refractivity contribution in [2.24, 2.45) is 17.1 Å². The van der Waals surface area contributed by atoms with E-state index in [-0.39, 0.29) is 17.1 Å². The fourth-order valence-corrected chi connectivity index (χ4v) is 5.32. The quantitative estimate of drug-likeness (QED) is 0.828. The summed E-state index contributed by atoms with van der Waals surface area (Å²) >= 11 is 1.40. The lowest BCUT2D eigenvalue weighted by Gasteiger charge is -2.46. The van der Waals surface area contributed by atoms with Crippen molar-refractivity contribution in [2.75, 3.05) is 5.75 Å². The second-order valence-electron chi connectivity index (χ2n) is 7.14. The standard InChI is InChI=1S/C18H25N3OS/c1-12-5-6-13-15(9-12)21-17(23-11-16(20)22)14(10-19)18(13)7-3-2-4-8-18/h12,21H,2-9,11H2,1H3,(H2,20,22)/t12-/m0/s1. The minimum Gasteiger partial charge on any atom is -0.369 e. The van der Waals surface area contributed by atoms with Gasteiger partial charge in [-0.15, -0.1) is 0 Å². The minimum absolute atomic E-state index is 0.0757. The van der Waals surface area contributed by atoms with Crippen molar-refractivity contribution >= 4 is 17.7 Å². The van der Waals surface area contributed by atoms with E-state index in [2.05, 4.69) is 18.3 Å². The third-order valence-corrected chi connectivity index (χ3v) is 6.55. The third-order valence-electron chi connectivity index (χ3n) is 5.53. The number of primary amides is 1. The third kappa shape index (κ3) is 3.01. The molecule has 124 valence electrons. The van der Waals surface area contributed by atoms with Crippen LogP contribution in [0.3, 0.4) is 0 Å². The molecular formula is C18H25N3OS. The van der Waals surface area contributed by atoms with Crippen molar-refractivity contribution in [1.29, 1.82) is 5.26 Å². The highest BCUT2D eigenvalue weighted by Crippen LogP contribution is 2.55. The van der Waals surface area contributed by atoms with Gasteiger partial charge in [0.15, 0.2) is 0 Å². The molecule has 1 saturated carbocycles. The average Bonchev–Trinajstić information content (AvgIpc) is 2.53. The molecule has 3 aliphatic rings. The van der Waals surface area contributed by atoms with Crippen molar-refractivity contribution in [3.63, 3.8) is 0 Å². The van der Waals surface area contributed by atoms with Crippen LogP contribution in [0.25, 0.3) is 0 Å². The van der Waals surface area contributed by atoms with Gasteiger partial charge in [0.1, 0.15) is 0 Å². The lowest BCUT2D eigenvalue weighted by atomic mass is 9.60. The van der Waals surface area contributed by atoms with E-state index in [0.29, 0.717) is 5.92 Å². The first-order valence-corrected chi connectivity index (χ1v) is 9.61. The Labute approximate surface area is 142 Å². The summed E-state index contributed by atoms with van der Waals surface area (Å²) in [6, 6.07) is 2.49. The molecule has 0 aromatic rings. The zero-order valence-electron chi connectivity index (χ0n) is 13.8. The van der Waals surface area contributed by atoms with Crippen LogP contribution in [-0.2, 0) is 4.79 Å². The van der Waals surface area contributed by atoms with Crippen LogP contribution in [0.1, 0.15) is 58.3 Å². The van der Waals surface area contributed by atoms with E-state index in [9.17, 15) is 10.1 Å². The normalized spacial score (nSPS) is 26.5. The van der Waals surface area contributed by atoms with Crippen LogP contribution in [-0.4, -0.2) is 11.7 Å². The Hall–Kier alpha value is -1.41. The summed E-state index contributed by atoms with van der Waals surface area (Å²) in [6.45, 7) is 2.29. The fraction of sp³-hybridized carbons (Fsp3) is 0.667. The smallest absolute Gasteiger partial charge is 0.227 e. The Bertz CT molecular complexity index is 608. The number of carbonyl (C=O) groups is 1. The topological polar surface area (TPSA) is 78.9 Å². The summed E-state index contributed by atoms with van der Waals surface area (Å²) in [5.41, 5.74) is 8.90. The first-order valence-electron chi connectivity index (χ1n) is 8.62. The van der Waals surface area contributed by atoms with Crippen LogP contribution in [0.5, 0.6) is 0 Å². The van der Waals surface area contributed by atoms with Gasteiger partial charge in [-0.2, -0.15) is 5.26 Å². The molecule has 0 aromatic carbocycles. The maximum absolute atomic E-state index is 11.2. The predicted octanol–water partition coefficient (Wildman–Crippen LogP) is 3.57. The second kappa shape index (κ2) is 6.60. The molecule has 0 unspecified atom stereocenters. The number of hydrogen-bond donors (Lipinski definition) is 2. The lowest BCUT2D eigenvalue weighted by Crippen LogP contribution is -2.39. The monoisotopic (exact) mass is 331 g/mol. The van der Waals surface area contributed by atoms with Gasteiger partial charge in [0, 0.05) is 11.1 Å². The number of nitrogens with zero attached hydrogens (tertiary/aromatic N) is 1. The lowest BCUT2D eigenvalue weighted by molar-refractivity contribution is -0.115. The number of rotatable bonds is 3. The Morgan fingerprint density at radius 2 is 2.17 bits per heavy atom. The van der Waals surface area contributed by atoms with Crippen molar-refractivity contribution < 1.29 is 4.79 Å². The van der Waals surface area contributed by atoms with Crippen molar-refractivity contribution in [3.8, 4) is 6.07 Å².